The zero-order valence-electron chi connectivity index (χ0n) is 15.2. The Morgan fingerprint density at radius 1 is 1.23 bits per heavy atom. The zero-order chi connectivity index (χ0) is 17.7. The summed E-state index contributed by atoms with van der Waals surface area (Å²) in [5, 5.41) is 0. The zero-order valence-corrected chi connectivity index (χ0v) is 15.2. The number of likely N-dealkylation sites (tertiary alicyclic amines) is 1. The predicted octanol–water partition coefficient (Wildman–Crippen LogP) is 0.965. The van der Waals surface area contributed by atoms with Crippen molar-refractivity contribution in [1.29, 1.82) is 0 Å². The number of fused-ring (bicyclic) bond motifs is 1. The first-order chi connectivity index (χ1) is 12.6. The van der Waals surface area contributed by atoms with Crippen molar-refractivity contribution < 1.29 is 18.9 Å². The lowest BCUT2D eigenvalue weighted by molar-refractivity contribution is -0.211. The van der Waals surface area contributed by atoms with Crippen molar-refractivity contribution in [2.24, 2.45) is 5.73 Å². The topological polar surface area (TPSA) is 66.2 Å². The van der Waals surface area contributed by atoms with E-state index in [1.54, 1.807) is 7.11 Å². The molecule has 138 valence electrons. The third-order valence-electron chi connectivity index (χ3n) is 7.38. The van der Waals surface area contributed by atoms with Crippen LogP contribution < -0.4 is 15.2 Å². The van der Waals surface area contributed by atoms with E-state index in [2.05, 4.69) is 24.1 Å². The van der Waals surface area contributed by atoms with Crippen molar-refractivity contribution in [3.05, 3.63) is 35.4 Å². The molecule has 3 heterocycles. The number of benzene rings is 1. The van der Waals surface area contributed by atoms with Gasteiger partial charge in [-0.3, -0.25) is 0 Å². The van der Waals surface area contributed by atoms with Crippen molar-refractivity contribution in [3.63, 3.8) is 0 Å². The molecule has 5 aliphatic rings. The van der Waals surface area contributed by atoms with Crippen LogP contribution in [0.25, 0.3) is 0 Å². The van der Waals surface area contributed by atoms with Crippen LogP contribution in [0, 0.1) is 0 Å². The lowest BCUT2D eigenvalue weighted by atomic mass is 9.49. The van der Waals surface area contributed by atoms with Gasteiger partial charge >= 0.3 is 0 Å². The summed E-state index contributed by atoms with van der Waals surface area (Å²) in [6.07, 6.45) is 5.69. The number of rotatable bonds is 1. The van der Waals surface area contributed by atoms with Gasteiger partial charge in [-0.2, -0.15) is 0 Å². The van der Waals surface area contributed by atoms with Gasteiger partial charge in [-0.1, -0.05) is 12.1 Å². The predicted molar refractivity (Wildman–Crippen MR) is 94.5 cm³/mol. The highest BCUT2D eigenvalue weighted by atomic mass is 16.8. The first-order valence-electron chi connectivity index (χ1n) is 9.40. The third-order valence-corrected chi connectivity index (χ3v) is 7.38. The minimum Gasteiger partial charge on any atom is -0.493 e. The van der Waals surface area contributed by atoms with E-state index in [1.807, 2.05) is 12.1 Å². The number of hydrogen-bond acceptors (Lipinski definition) is 6. The van der Waals surface area contributed by atoms with E-state index in [0.29, 0.717) is 13.2 Å². The monoisotopic (exact) mass is 356 g/mol. The molecule has 0 radical (unpaired) electrons. The van der Waals surface area contributed by atoms with E-state index in [1.165, 1.54) is 11.1 Å². The minimum atomic E-state index is -0.859. The Labute approximate surface area is 152 Å². The summed E-state index contributed by atoms with van der Waals surface area (Å²) < 4.78 is 24.5. The Kier molecular flexibility index (Phi) is 2.75. The molecule has 2 spiro atoms. The molecule has 4 atom stereocenters. The van der Waals surface area contributed by atoms with Crippen LogP contribution in [-0.2, 0) is 21.3 Å². The highest BCUT2D eigenvalue weighted by molar-refractivity contribution is 5.65. The van der Waals surface area contributed by atoms with Gasteiger partial charge in [-0.25, -0.2) is 0 Å². The number of likely N-dealkylation sites (N-methyl/N-ethyl adjacent to an activating group) is 1. The summed E-state index contributed by atoms with van der Waals surface area (Å²) in [4.78, 5) is 2.40. The fourth-order valence-electron chi connectivity index (χ4n) is 6.23. The molecule has 2 bridgehead atoms. The van der Waals surface area contributed by atoms with Gasteiger partial charge in [0.25, 0.3) is 0 Å². The second kappa shape index (κ2) is 4.62. The Morgan fingerprint density at radius 3 is 2.81 bits per heavy atom. The molecule has 26 heavy (non-hydrogen) atoms. The summed E-state index contributed by atoms with van der Waals surface area (Å²) >= 11 is 0. The molecule has 0 amide bonds. The van der Waals surface area contributed by atoms with Gasteiger partial charge in [-0.15, -0.1) is 0 Å². The van der Waals surface area contributed by atoms with Gasteiger partial charge in [0.15, 0.2) is 17.6 Å². The van der Waals surface area contributed by atoms with Crippen LogP contribution >= 0.6 is 0 Å². The second-order valence-corrected chi connectivity index (χ2v) is 8.24. The molecule has 1 aromatic rings. The average molecular weight is 356 g/mol. The van der Waals surface area contributed by atoms with Crippen molar-refractivity contribution in [2.75, 3.05) is 33.9 Å². The Hall–Kier alpha value is -1.60. The summed E-state index contributed by atoms with van der Waals surface area (Å²) in [6.45, 7) is 2.12. The summed E-state index contributed by atoms with van der Waals surface area (Å²) in [6, 6.07) is 4.42. The normalized spacial score (nSPS) is 41.2. The van der Waals surface area contributed by atoms with Crippen LogP contribution in [0.4, 0.5) is 0 Å². The SMILES string of the molecule is COc1ccc2c3c1OC1C4(C=CC5(N)C(C2)N(C)CCC315)OCCO4. The maximum atomic E-state index is 7.22. The van der Waals surface area contributed by atoms with Crippen molar-refractivity contribution in [2.45, 2.75) is 41.7 Å². The molecule has 6 rings (SSSR count). The number of methoxy groups -OCH3 is 1. The Balaban J connectivity index is 1.69. The number of ether oxygens (including phenoxy) is 4. The van der Waals surface area contributed by atoms with E-state index in [-0.39, 0.29) is 17.6 Å². The summed E-state index contributed by atoms with van der Waals surface area (Å²) in [5.41, 5.74) is 8.87. The highest BCUT2D eigenvalue weighted by Crippen LogP contribution is 2.65. The van der Waals surface area contributed by atoms with Gasteiger partial charge in [0.1, 0.15) is 0 Å². The molecule has 6 heteroatoms. The lowest BCUT2D eigenvalue weighted by Crippen LogP contribution is -2.80. The van der Waals surface area contributed by atoms with Crippen molar-refractivity contribution >= 4 is 0 Å². The number of hydrogen-bond donors (Lipinski definition) is 1. The lowest BCUT2D eigenvalue weighted by Gasteiger charge is -2.63. The molecular weight excluding hydrogens is 332 g/mol. The molecule has 0 aromatic heterocycles. The van der Waals surface area contributed by atoms with Gasteiger partial charge in [0.2, 0.25) is 5.79 Å². The summed E-state index contributed by atoms with van der Waals surface area (Å²) in [5.74, 6) is 0.734. The van der Waals surface area contributed by atoms with E-state index in [4.69, 9.17) is 24.7 Å². The van der Waals surface area contributed by atoms with E-state index in [9.17, 15) is 0 Å². The number of nitrogens with two attached hydrogens (primary N) is 1. The average Bonchev–Trinajstić information content (AvgIpc) is 3.24. The van der Waals surface area contributed by atoms with Crippen LogP contribution in [-0.4, -0.2) is 62.3 Å². The highest BCUT2D eigenvalue weighted by Gasteiger charge is 2.74. The largest absolute Gasteiger partial charge is 0.493 e. The van der Waals surface area contributed by atoms with Gasteiger partial charge < -0.3 is 29.6 Å². The van der Waals surface area contributed by atoms with Crippen molar-refractivity contribution in [1.82, 2.24) is 4.90 Å². The molecule has 1 aromatic carbocycles. The molecule has 2 aliphatic carbocycles. The molecule has 2 fully saturated rings. The first kappa shape index (κ1) is 15.5. The Bertz CT molecular complexity index is 833. The van der Waals surface area contributed by atoms with Crippen LogP contribution in [0.5, 0.6) is 11.5 Å². The van der Waals surface area contributed by atoms with Crippen LogP contribution in [0.3, 0.4) is 0 Å². The molecular formula is C20H24N2O4. The molecule has 4 unspecified atom stereocenters. The van der Waals surface area contributed by atoms with E-state index < -0.39 is 11.3 Å². The van der Waals surface area contributed by atoms with Crippen LogP contribution in [0.15, 0.2) is 24.3 Å². The fraction of sp³-hybridized carbons (Fsp3) is 0.600. The van der Waals surface area contributed by atoms with Gasteiger partial charge in [-0.05, 0) is 44.1 Å². The van der Waals surface area contributed by atoms with Gasteiger partial charge in [0.05, 0.1) is 31.3 Å². The molecule has 2 saturated heterocycles. The standard InChI is InChI=1S/C20H24N2O4/c1-22-8-7-18-15-12-3-4-13(23-2)16(15)26-17(18)20(24-9-10-25-20)6-5-19(18,21)14(22)11-12/h3-6,14,17H,7-11,21H2,1-2H3. The molecule has 0 saturated carbocycles. The number of nitrogens with zero attached hydrogens (tertiary/aromatic N) is 1. The molecule has 6 nitrogen and oxygen atoms in total. The number of piperidine rings is 1. The van der Waals surface area contributed by atoms with Crippen LogP contribution in [0.1, 0.15) is 17.5 Å². The fourth-order valence-corrected chi connectivity index (χ4v) is 6.23. The first-order valence-corrected chi connectivity index (χ1v) is 9.40. The molecule has 3 aliphatic heterocycles. The van der Waals surface area contributed by atoms with Crippen molar-refractivity contribution in [3.8, 4) is 11.5 Å². The van der Waals surface area contributed by atoms with Gasteiger partial charge in [0, 0.05) is 11.6 Å². The Morgan fingerprint density at radius 2 is 2.04 bits per heavy atom. The summed E-state index contributed by atoms with van der Waals surface area (Å²) in [7, 11) is 3.86. The van der Waals surface area contributed by atoms with E-state index >= 15 is 0 Å². The molecule has 2 N–H and O–H groups in total. The quantitative estimate of drug-likeness (QED) is 0.757. The third kappa shape index (κ3) is 1.44. The second-order valence-electron chi connectivity index (χ2n) is 8.24. The smallest absolute Gasteiger partial charge is 0.227 e. The maximum absolute atomic E-state index is 7.22. The minimum absolute atomic E-state index is 0.226. The van der Waals surface area contributed by atoms with Crippen LogP contribution in [0.2, 0.25) is 0 Å². The van der Waals surface area contributed by atoms with E-state index in [0.717, 1.165) is 30.9 Å². The maximum Gasteiger partial charge on any atom is 0.227 e.